The third-order valence-electron chi connectivity index (χ3n) is 5.47. The van der Waals surface area contributed by atoms with Crippen LogP contribution in [-0.2, 0) is 19.0 Å². The number of hydrogen-bond donors (Lipinski definition) is 0. The lowest BCUT2D eigenvalue weighted by Gasteiger charge is -2.16. The molecule has 0 fully saturated rings. The van der Waals surface area contributed by atoms with Crippen LogP contribution in [0.2, 0.25) is 10.0 Å². The van der Waals surface area contributed by atoms with E-state index in [1.54, 1.807) is 85.2 Å². The van der Waals surface area contributed by atoms with Crippen molar-refractivity contribution in [2.24, 2.45) is 10.8 Å². The second kappa shape index (κ2) is 18.2. The molecule has 12 heteroatoms. The Morgan fingerprint density at radius 2 is 1.38 bits per heavy atom. The van der Waals surface area contributed by atoms with Gasteiger partial charge >= 0.3 is 0 Å². The van der Waals surface area contributed by atoms with E-state index in [2.05, 4.69) is 30.1 Å². The van der Waals surface area contributed by atoms with Crippen LogP contribution in [0.5, 0.6) is 17.2 Å². The van der Waals surface area contributed by atoms with Crippen LogP contribution >= 0.6 is 23.2 Å². The fourth-order valence-corrected chi connectivity index (χ4v) is 4.26. The largest absolute Gasteiger partial charge is 0.457 e. The molecular formula is C35H44Cl2N2O7S. The fourth-order valence-electron chi connectivity index (χ4n) is 3.31. The van der Waals surface area contributed by atoms with E-state index >= 15 is 0 Å². The molecule has 0 unspecified atom stereocenters. The van der Waals surface area contributed by atoms with E-state index in [0.29, 0.717) is 43.8 Å². The molecule has 0 spiro atoms. The predicted octanol–water partition coefficient (Wildman–Crippen LogP) is 9.13. The van der Waals surface area contributed by atoms with Gasteiger partial charge < -0.3 is 14.3 Å². The van der Waals surface area contributed by atoms with E-state index in [0.717, 1.165) is 19.5 Å². The Morgan fingerprint density at radius 3 is 1.83 bits per heavy atom. The molecule has 0 atom stereocenters. The Hall–Kier alpha value is -3.41. The summed E-state index contributed by atoms with van der Waals surface area (Å²) in [5.41, 5.74) is 1.09. The summed E-state index contributed by atoms with van der Waals surface area (Å²) >= 11 is 12.1. The van der Waals surface area contributed by atoms with Gasteiger partial charge in [0, 0.05) is 22.8 Å². The van der Waals surface area contributed by atoms with Crippen molar-refractivity contribution < 1.29 is 31.7 Å². The molecule has 0 saturated heterocycles. The third-order valence-corrected chi connectivity index (χ3v) is 6.58. The van der Waals surface area contributed by atoms with Crippen molar-refractivity contribution in [3.8, 4) is 17.2 Å². The van der Waals surface area contributed by atoms with E-state index in [1.807, 2.05) is 27.7 Å². The maximum absolute atomic E-state index is 12.7. The van der Waals surface area contributed by atoms with Crippen molar-refractivity contribution in [3.63, 3.8) is 0 Å². The van der Waals surface area contributed by atoms with Crippen LogP contribution in [0.25, 0.3) is 0 Å². The van der Waals surface area contributed by atoms with Gasteiger partial charge in [-0.25, -0.2) is 0 Å². The van der Waals surface area contributed by atoms with Crippen LogP contribution in [0, 0.1) is 10.8 Å². The van der Waals surface area contributed by atoms with Gasteiger partial charge in [-0.05, 0) is 90.6 Å². The Balaban J connectivity index is 0.000000352. The van der Waals surface area contributed by atoms with Crippen LogP contribution in [0.3, 0.4) is 0 Å². The number of hydrogen-bond acceptors (Lipinski definition) is 8. The first kappa shape index (κ1) is 39.8. The number of nitrogens with zero attached hydrogens (tertiary/aromatic N) is 2. The summed E-state index contributed by atoms with van der Waals surface area (Å²) in [5, 5.41) is 4.79. The number of aromatic nitrogens is 2. The zero-order chi connectivity index (χ0) is 35.3. The lowest BCUT2D eigenvalue weighted by Crippen LogP contribution is -2.17. The maximum atomic E-state index is 12.7. The average molecular weight is 708 g/mol. The Labute approximate surface area is 288 Å². The number of halogens is 2. The number of benzene rings is 3. The second-order valence-electron chi connectivity index (χ2n) is 12.8. The highest BCUT2D eigenvalue weighted by molar-refractivity contribution is 7.85. The minimum atomic E-state index is -3.26. The van der Waals surface area contributed by atoms with Crippen LogP contribution in [0.15, 0.2) is 85.2 Å². The van der Waals surface area contributed by atoms with Crippen molar-refractivity contribution in [3.05, 3.63) is 106 Å². The second-order valence-corrected chi connectivity index (χ2v) is 15.3. The molecule has 4 aromatic rings. The summed E-state index contributed by atoms with van der Waals surface area (Å²) in [6.45, 7) is 16.2. The van der Waals surface area contributed by atoms with Crippen molar-refractivity contribution in [2.45, 2.75) is 48.5 Å². The lowest BCUT2D eigenvalue weighted by molar-refractivity contribution is 0.0805. The van der Waals surface area contributed by atoms with Gasteiger partial charge in [0.15, 0.2) is 11.5 Å². The van der Waals surface area contributed by atoms with E-state index in [1.165, 1.54) is 4.85 Å². The van der Waals surface area contributed by atoms with Gasteiger partial charge in [-0.2, -0.15) is 8.42 Å². The monoisotopic (exact) mass is 706 g/mol. The van der Waals surface area contributed by atoms with Gasteiger partial charge in [0.25, 0.3) is 10.1 Å². The van der Waals surface area contributed by atoms with Gasteiger partial charge in [0.05, 0.1) is 36.9 Å². The Bertz CT molecular complexity index is 1630. The highest BCUT2D eigenvalue weighted by atomic mass is 35.5. The van der Waals surface area contributed by atoms with Crippen molar-refractivity contribution in [1.82, 2.24) is 9.94 Å². The summed E-state index contributed by atoms with van der Waals surface area (Å²) in [4.78, 5) is 19.5. The van der Waals surface area contributed by atoms with Crippen LogP contribution in [0.1, 0.15) is 64.4 Å². The minimum Gasteiger partial charge on any atom is -0.457 e. The molecule has 3 aromatic carbocycles. The molecule has 9 nitrogen and oxygen atoms in total. The standard InChI is InChI=1S/C22H14Cl2N2O3.C7H16O.C6H14O3S/c23-16-4-11-21(24)20(14-16)22(27)15-2-5-17(6-3-15)28-18-7-9-19(10-8-18)29-26-13-1-12-25-26;1-5-8-6-7(2,3)4;1-6(2,3)5-9-10(4,7)8/h1-14H;5-6H2,1-4H3;5H2,1-4H3. The normalized spacial score (nSPS) is 11.4. The summed E-state index contributed by atoms with van der Waals surface area (Å²) in [7, 11) is -3.26. The van der Waals surface area contributed by atoms with Crippen molar-refractivity contribution in [2.75, 3.05) is 26.1 Å². The van der Waals surface area contributed by atoms with Gasteiger partial charge in [-0.15, -0.1) is 9.94 Å². The van der Waals surface area contributed by atoms with Crippen molar-refractivity contribution in [1.29, 1.82) is 0 Å². The summed E-state index contributed by atoms with van der Waals surface area (Å²) in [6.07, 6.45) is 4.38. The number of carbonyl (C=O) groups excluding carboxylic acids is 1. The van der Waals surface area contributed by atoms with Gasteiger partial charge in [0.1, 0.15) is 11.5 Å². The zero-order valence-electron chi connectivity index (χ0n) is 28.1. The van der Waals surface area contributed by atoms with E-state index in [-0.39, 0.29) is 17.8 Å². The highest BCUT2D eigenvalue weighted by Crippen LogP contribution is 2.27. The molecule has 0 radical (unpaired) electrons. The SMILES string of the molecule is CC(C)(C)COS(C)(=O)=O.CCOCC(C)(C)C.O=C(c1ccc(Oc2ccc(On3cccn3)cc2)cc1)c1cc(Cl)ccc1Cl. The molecular weight excluding hydrogens is 663 g/mol. The summed E-state index contributed by atoms with van der Waals surface area (Å²) < 4.78 is 36.5. The highest BCUT2D eigenvalue weighted by Gasteiger charge is 2.15. The fraction of sp³-hybridized carbons (Fsp3) is 0.371. The third kappa shape index (κ3) is 16.8. The molecule has 0 aliphatic heterocycles. The topological polar surface area (TPSA) is 106 Å². The summed E-state index contributed by atoms with van der Waals surface area (Å²) in [5.74, 6) is 1.65. The first-order valence-electron chi connectivity index (χ1n) is 14.8. The number of rotatable bonds is 10. The van der Waals surface area contributed by atoms with Gasteiger partial charge in [-0.3, -0.25) is 8.98 Å². The zero-order valence-corrected chi connectivity index (χ0v) is 30.4. The van der Waals surface area contributed by atoms with Crippen molar-refractivity contribution >= 4 is 39.1 Å². The Morgan fingerprint density at radius 1 is 0.830 bits per heavy atom. The molecule has 47 heavy (non-hydrogen) atoms. The van der Waals surface area contributed by atoms with Crippen LogP contribution < -0.4 is 9.57 Å². The molecule has 0 N–H and O–H groups in total. The molecule has 0 aliphatic carbocycles. The lowest BCUT2D eigenvalue weighted by atomic mass is 9.99. The average Bonchev–Trinajstić information content (AvgIpc) is 3.50. The van der Waals surface area contributed by atoms with Gasteiger partial charge in [0.2, 0.25) is 0 Å². The molecule has 0 amide bonds. The van der Waals surface area contributed by atoms with E-state index < -0.39 is 10.1 Å². The number of ether oxygens (including phenoxy) is 2. The first-order valence-corrected chi connectivity index (χ1v) is 17.4. The molecule has 4 rings (SSSR count). The molecule has 0 aliphatic rings. The first-order chi connectivity index (χ1) is 21.8. The summed E-state index contributed by atoms with van der Waals surface area (Å²) in [6, 6.07) is 20.5. The quantitative estimate of drug-likeness (QED) is 0.119. The van der Waals surface area contributed by atoms with Gasteiger partial charge in [-0.1, -0.05) is 64.7 Å². The van der Waals surface area contributed by atoms with Crippen LogP contribution in [-0.4, -0.2) is 50.2 Å². The minimum absolute atomic E-state index is 0.0942. The molecule has 1 heterocycles. The number of ketones is 1. The molecule has 0 bridgehead atoms. The predicted molar refractivity (Wildman–Crippen MR) is 187 cm³/mol. The number of carbonyl (C=O) groups is 1. The van der Waals surface area contributed by atoms with E-state index in [9.17, 15) is 13.2 Å². The van der Waals surface area contributed by atoms with Crippen LogP contribution in [0.4, 0.5) is 0 Å². The molecule has 256 valence electrons. The van der Waals surface area contributed by atoms with E-state index in [4.69, 9.17) is 37.5 Å². The smallest absolute Gasteiger partial charge is 0.264 e. The maximum Gasteiger partial charge on any atom is 0.264 e. The molecule has 1 aromatic heterocycles. The molecule has 0 saturated carbocycles. The Kier molecular flexibility index (Phi) is 15.4.